The highest BCUT2D eigenvalue weighted by atomic mass is 32.2. The van der Waals surface area contributed by atoms with Crippen LogP contribution < -0.4 is 5.32 Å². The number of benzene rings is 2. The number of nitrogens with one attached hydrogen (secondary N) is 1. The Hall–Kier alpha value is -3.19. The molecule has 2 aromatic carbocycles. The Balaban J connectivity index is 1.57. The number of aryl methyl sites for hydroxylation is 1. The number of thioether (sulfide) groups is 1. The molecule has 3 rings (SSSR count). The first-order chi connectivity index (χ1) is 14.0. The third-order valence-electron chi connectivity index (χ3n) is 4.03. The van der Waals surface area contributed by atoms with Crippen molar-refractivity contribution in [2.45, 2.75) is 18.4 Å². The minimum Gasteiger partial charge on any atom is -0.465 e. The van der Waals surface area contributed by atoms with Gasteiger partial charge in [-0.05, 0) is 31.2 Å². The highest BCUT2D eigenvalue weighted by Crippen LogP contribution is 2.23. The minimum atomic E-state index is -0.440. The lowest BCUT2D eigenvalue weighted by molar-refractivity contribution is -0.115. The van der Waals surface area contributed by atoms with E-state index in [0.29, 0.717) is 29.2 Å². The van der Waals surface area contributed by atoms with Gasteiger partial charge >= 0.3 is 5.97 Å². The second-order valence-corrected chi connectivity index (χ2v) is 7.34. The van der Waals surface area contributed by atoms with Crippen LogP contribution in [0.4, 0.5) is 5.69 Å². The average Bonchev–Trinajstić information content (AvgIpc) is 2.73. The molecule has 148 valence electrons. The number of hydrogen-bond donors (Lipinski definition) is 1. The molecule has 3 aromatic rings. The van der Waals surface area contributed by atoms with Crippen molar-refractivity contribution < 1.29 is 14.3 Å². The average molecular weight is 407 g/mol. The van der Waals surface area contributed by atoms with Crippen molar-refractivity contribution in [2.24, 2.45) is 0 Å². The van der Waals surface area contributed by atoms with Gasteiger partial charge in [0.15, 0.2) is 0 Å². The number of carbonyl (C=O) groups is 2. The van der Waals surface area contributed by atoms with E-state index < -0.39 is 5.97 Å². The van der Waals surface area contributed by atoms with E-state index in [1.54, 1.807) is 24.3 Å². The van der Waals surface area contributed by atoms with Crippen LogP contribution in [-0.4, -0.2) is 34.7 Å². The van der Waals surface area contributed by atoms with Crippen molar-refractivity contribution in [3.05, 3.63) is 72.1 Å². The quantitative estimate of drug-likeness (QED) is 0.356. The molecule has 1 N–H and O–H groups in total. The summed E-state index contributed by atoms with van der Waals surface area (Å²) in [6.45, 7) is 1.86. The van der Waals surface area contributed by atoms with Crippen molar-refractivity contribution in [1.82, 2.24) is 9.97 Å². The molecule has 7 heteroatoms. The lowest BCUT2D eigenvalue weighted by atomic mass is 10.1. The van der Waals surface area contributed by atoms with Crippen LogP contribution in [0.25, 0.3) is 11.3 Å². The zero-order valence-electron chi connectivity index (χ0n) is 16.2. The fourth-order valence-corrected chi connectivity index (χ4v) is 3.57. The first-order valence-corrected chi connectivity index (χ1v) is 10.1. The van der Waals surface area contributed by atoms with Crippen LogP contribution in [0, 0.1) is 6.92 Å². The van der Waals surface area contributed by atoms with E-state index in [1.807, 2.05) is 43.3 Å². The topological polar surface area (TPSA) is 81.2 Å². The molecule has 0 radical (unpaired) electrons. The summed E-state index contributed by atoms with van der Waals surface area (Å²) in [5.41, 5.74) is 2.85. The number of carbonyl (C=O) groups excluding carboxylic acids is 2. The number of amides is 1. The fraction of sp³-hybridized carbons (Fsp3) is 0.182. The molecule has 0 unspecified atom stereocenters. The number of hydrogen-bond acceptors (Lipinski definition) is 6. The Morgan fingerprint density at radius 1 is 1.03 bits per heavy atom. The molecular weight excluding hydrogens is 386 g/mol. The van der Waals surface area contributed by atoms with E-state index in [1.165, 1.54) is 18.9 Å². The first-order valence-electron chi connectivity index (χ1n) is 9.07. The molecule has 0 saturated heterocycles. The second-order valence-electron chi connectivity index (χ2n) is 6.22. The number of methoxy groups -OCH3 is 1. The van der Waals surface area contributed by atoms with Gasteiger partial charge in [0.25, 0.3) is 0 Å². The molecule has 0 bridgehead atoms. The van der Waals surface area contributed by atoms with E-state index in [9.17, 15) is 9.59 Å². The maximum atomic E-state index is 12.2. The summed E-state index contributed by atoms with van der Waals surface area (Å²) >= 11 is 1.51. The van der Waals surface area contributed by atoms with Crippen LogP contribution in [0.15, 0.2) is 65.7 Å². The number of aromatic nitrogens is 2. The summed E-state index contributed by atoms with van der Waals surface area (Å²) in [5, 5.41) is 3.63. The third-order valence-corrected chi connectivity index (χ3v) is 4.94. The zero-order valence-corrected chi connectivity index (χ0v) is 17.0. The summed E-state index contributed by atoms with van der Waals surface area (Å²) in [5.74, 6) is 0.698. The molecule has 0 atom stereocenters. The normalized spacial score (nSPS) is 10.4. The maximum absolute atomic E-state index is 12.2. The van der Waals surface area contributed by atoms with E-state index >= 15 is 0 Å². The van der Waals surface area contributed by atoms with Gasteiger partial charge in [0, 0.05) is 23.4 Å². The Bertz CT molecular complexity index is 1010. The van der Waals surface area contributed by atoms with Gasteiger partial charge in [-0.2, -0.15) is 0 Å². The SMILES string of the molecule is COC(=O)c1cccc(NC(=O)CCSc2cc(-c3ccccc3)nc(C)n2)c1. The van der Waals surface area contributed by atoms with E-state index in [-0.39, 0.29) is 5.91 Å². The van der Waals surface area contributed by atoms with E-state index in [4.69, 9.17) is 4.74 Å². The Morgan fingerprint density at radius 3 is 2.59 bits per heavy atom. The van der Waals surface area contributed by atoms with Gasteiger partial charge in [0.05, 0.1) is 18.4 Å². The van der Waals surface area contributed by atoms with E-state index in [2.05, 4.69) is 15.3 Å². The van der Waals surface area contributed by atoms with Gasteiger partial charge in [0.1, 0.15) is 10.9 Å². The molecule has 1 heterocycles. The van der Waals surface area contributed by atoms with Gasteiger partial charge < -0.3 is 10.1 Å². The summed E-state index contributed by atoms with van der Waals surface area (Å²) in [4.78, 5) is 32.8. The second kappa shape index (κ2) is 9.84. The number of esters is 1. The van der Waals surface area contributed by atoms with Crippen LogP contribution in [-0.2, 0) is 9.53 Å². The van der Waals surface area contributed by atoms with Gasteiger partial charge in [-0.3, -0.25) is 4.79 Å². The van der Waals surface area contributed by atoms with Crippen LogP contribution >= 0.6 is 11.8 Å². The van der Waals surface area contributed by atoms with E-state index in [0.717, 1.165) is 16.3 Å². The lowest BCUT2D eigenvalue weighted by Crippen LogP contribution is -2.13. The van der Waals surface area contributed by atoms with Crippen LogP contribution in [0.1, 0.15) is 22.6 Å². The molecule has 0 saturated carbocycles. The van der Waals surface area contributed by atoms with Crippen molar-refractivity contribution in [2.75, 3.05) is 18.2 Å². The first kappa shape index (κ1) is 20.5. The molecule has 29 heavy (non-hydrogen) atoms. The molecular formula is C22H21N3O3S. The molecule has 0 fully saturated rings. The summed E-state index contributed by atoms with van der Waals surface area (Å²) in [7, 11) is 1.32. The molecule has 0 aliphatic rings. The largest absolute Gasteiger partial charge is 0.465 e. The van der Waals surface area contributed by atoms with Crippen molar-refractivity contribution >= 4 is 29.3 Å². The van der Waals surface area contributed by atoms with Crippen LogP contribution in [0.2, 0.25) is 0 Å². The van der Waals surface area contributed by atoms with Gasteiger partial charge in [0.2, 0.25) is 5.91 Å². The monoisotopic (exact) mass is 407 g/mol. The van der Waals surface area contributed by atoms with Crippen molar-refractivity contribution in [1.29, 1.82) is 0 Å². The molecule has 0 aliphatic carbocycles. The van der Waals surface area contributed by atoms with Gasteiger partial charge in [-0.15, -0.1) is 11.8 Å². The zero-order chi connectivity index (χ0) is 20.6. The maximum Gasteiger partial charge on any atom is 0.337 e. The number of ether oxygens (including phenoxy) is 1. The van der Waals surface area contributed by atoms with Crippen LogP contribution in [0.3, 0.4) is 0 Å². The third kappa shape index (κ3) is 5.89. The predicted octanol–water partition coefficient (Wildman–Crippen LogP) is 4.36. The fourth-order valence-electron chi connectivity index (χ4n) is 2.68. The Labute approximate surface area is 173 Å². The minimum absolute atomic E-state index is 0.131. The summed E-state index contributed by atoms with van der Waals surface area (Å²) in [6, 6.07) is 18.5. The molecule has 1 amide bonds. The number of anilines is 1. The number of rotatable bonds is 7. The molecule has 0 spiro atoms. The highest BCUT2D eigenvalue weighted by molar-refractivity contribution is 7.99. The Morgan fingerprint density at radius 2 is 1.83 bits per heavy atom. The lowest BCUT2D eigenvalue weighted by Gasteiger charge is -2.08. The van der Waals surface area contributed by atoms with Crippen molar-refractivity contribution in [3.8, 4) is 11.3 Å². The molecule has 1 aromatic heterocycles. The summed E-state index contributed by atoms with van der Waals surface area (Å²) in [6.07, 6.45) is 0.316. The van der Waals surface area contributed by atoms with Gasteiger partial charge in [-0.25, -0.2) is 14.8 Å². The molecule has 6 nitrogen and oxygen atoms in total. The Kier molecular flexibility index (Phi) is 6.97. The number of nitrogens with zero attached hydrogens (tertiary/aromatic N) is 2. The smallest absolute Gasteiger partial charge is 0.337 e. The summed E-state index contributed by atoms with van der Waals surface area (Å²) < 4.78 is 4.69. The standard InChI is InChI=1S/C22H21N3O3S/c1-15-23-19(16-7-4-3-5-8-16)14-21(24-15)29-12-11-20(26)25-18-10-6-9-17(13-18)22(27)28-2/h3-10,13-14H,11-12H2,1-2H3,(H,25,26). The van der Waals surface area contributed by atoms with Gasteiger partial charge in [-0.1, -0.05) is 36.4 Å². The van der Waals surface area contributed by atoms with Crippen molar-refractivity contribution in [3.63, 3.8) is 0 Å². The molecule has 0 aliphatic heterocycles. The highest BCUT2D eigenvalue weighted by Gasteiger charge is 2.09. The predicted molar refractivity (Wildman–Crippen MR) is 114 cm³/mol. The van der Waals surface area contributed by atoms with Crippen LogP contribution in [0.5, 0.6) is 0 Å².